The van der Waals surface area contributed by atoms with E-state index in [1.807, 2.05) is 19.9 Å². The first-order valence-electron chi connectivity index (χ1n) is 9.36. The fourth-order valence-electron chi connectivity index (χ4n) is 3.31. The second-order valence-electron chi connectivity index (χ2n) is 6.91. The van der Waals surface area contributed by atoms with Crippen LogP contribution >= 0.6 is 0 Å². The van der Waals surface area contributed by atoms with E-state index in [1.165, 1.54) is 13.2 Å². The van der Waals surface area contributed by atoms with Gasteiger partial charge < -0.3 is 14.2 Å². The SMILES string of the molecule is CCc1cc(C(F)F)c(OCc2c(OC(=O)OC)cccc2C2CC2)cc1C. The molecule has 6 heteroatoms. The van der Waals surface area contributed by atoms with E-state index < -0.39 is 12.6 Å². The predicted molar refractivity (Wildman–Crippen MR) is 101 cm³/mol. The fraction of sp³-hybridized carbons (Fsp3) is 0.409. The number of carbonyl (C=O) groups excluding carboxylic acids is 1. The molecular formula is C22H24F2O4. The van der Waals surface area contributed by atoms with Gasteiger partial charge in [0.05, 0.1) is 12.7 Å². The first-order valence-corrected chi connectivity index (χ1v) is 9.36. The smallest absolute Gasteiger partial charge is 0.488 e. The molecule has 0 amide bonds. The van der Waals surface area contributed by atoms with Gasteiger partial charge in [0.2, 0.25) is 0 Å². The molecule has 28 heavy (non-hydrogen) atoms. The summed E-state index contributed by atoms with van der Waals surface area (Å²) in [5.41, 5.74) is 3.36. The molecule has 3 rings (SSSR count). The molecule has 0 saturated heterocycles. The Balaban J connectivity index is 1.92. The summed E-state index contributed by atoms with van der Waals surface area (Å²) in [6.07, 6.45) is -0.702. The molecule has 1 saturated carbocycles. The lowest BCUT2D eigenvalue weighted by molar-refractivity contribution is 0.120. The van der Waals surface area contributed by atoms with Crippen molar-refractivity contribution in [3.63, 3.8) is 0 Å². The minimum Gasteiger partial charge on any atom is -0.488 e. The Hall–Kier alpha value is -2.63. The average molecular weight is 390 g/mol. The van der Waals surface area contributed by atoms with Gasteiger partial charge in [-0.15, -0.1) is 0 Å². The van der Waals surface area contributed by atoms with Gasteiger partial charge in [-0.3, -0.25) is 0 Å². The molecule has 1 aliphatic carbocycles. The third kappa shape index (κ3) is 4.43. The van der Waals surface area contributed by atoms with Gasteiger partial charge in [-0.1, -0.05) is 19.1 Å². The fourth-order valence-corrected chi connectivity index (χ4v) is 3.31. The first-order chi connectivity index (χ1) is 13.4. The zero-order valence-corrected chi connectivity index (χ0v) is 16.3. The summed E-state index contributed by atoms with van der Waals surface area (Å²) in [4.78, 5) is 11.6. The van der Waals surface area contributed by atoms with Crippen molar-refractivity contribution in [2.75, 3.05) is 7.11 Å². The Morgan fingerprint density at radius 2 is 1.96 bits per heavy atom. The van der Waals surface area contributed by atoms with Gasteiger partial charge in [0, 0.05) is 5.56 Å². The number of benzene rings is 2. The molecule has 1 aliphatic rings. The summed E-state index contributed by atoms with van der Waals surface area (Å²) >= 11 is 0. The number of hydrogen-bond donors (Lipinski definition) is 0. The molecule has 0 radical (unpaired) electrons. The molecule has 0 aromatic heterocycles. The second kappa shape index (κ2) is 8.59. The van der Waals surface area contributed by atoms with E-state index in [-0.39, 0.29) is 17.9 Å². The third-order valence-corrected chi connectivity index (χ3v) is 5.00. The highest BCUT2D eigenvalue weighted by atomic mass is 19.3. The average Bonchev–Trinajstić information content (AvgIpc) is 3.51. The minimum atomic E-state index is -2.63. The van der Waals surface area contributed by atoms with E-state index in [0.717, 1.165) is 29.5 Å². The topological polar surface area (TPSA) is 44.8 Å². The van der Waals surface area contributed by atoms with Gasteiger partial charge in [0.15, 0.2) is 0 Å². The predicted octanol–water partition coefficient (Wildman–Crippen LogP) is 6.10. The number of alkyl halides is 2. The van der Waals surface area contributed by atoms with Crippen molar-refractivity contribution in [3.05, 3.63) is 58.1 Å². The van der Waals surface area contributed by atoms with Gasteiger partial charge in [0.25, 0.3) is 6.43 Å². The Labute approximate surface area is 163 Å². The normalized spacial score (nSPS) is 13.5. The molecule has 0 unspecified atom stereocenters. The van der Waals surface area contributed by atoms with E-state index in [1.54, 1.807) is 18.2 Å². The Morgan fingerprint density at radius 3 is 2.57 bits per heavy atom. The van der Waals surface area contributed by atoms with Crippen molar-refractivity contribution >= 4 is 6.16 Å². The molecule has 0 spiro atoms. The number of carbonyl (C=O) groups is 1. The van der Waals surface area contributed by atoms with E-state index >= 15 is 0 Å². The number of aryl methyl sites for hydroxylation is 2. The van der Waals surface area contributed by atoms with E-state index in [9.17, 15) is 13.6 Å². The van der Waals surface area contributed by atoms with Crippen LogP contribution in [0, 0.1) is 6.92 Å². The summed E-state index contributed by atoms with van der Waals surface area (Å²) in [6.45, 7) is 3.84. The molecule has 1 fully saturated rings. The number of halogens is 2. The van der Waals surface area contributed by atoms with Crippen molar-refractivity contribution in [1.82, 2.24) is 0 Å². The zero-order valence-electron chi connectivity index (χ0n) is 16.3. The van der Waals surface area contributed by atoms with Crippen molar-refractivity contribution in [2.45, 2.75) is 52.1 Å². The second-order valence-corrected chi connectivity index (χ2v) is 6.91. The monoisotopic (exact) mass is 390 g/mol. The molecule has 0 bridgehead atoms. The Bertz CT molecular complexity index is 860. The molecule has 2 aromatic rings. The molecule has 150 valence electrons. The van der Waals surface area contributed by atoms with Gasteiger partial charge in [-0.25, -0.2) is 13.6 Å². The van der Waals surface area contributed by atoms with Crippen LogP contribution in [0.1, 0.15) is 59.9 Å². The summed E-state index contributed by atoms with van der Waals surface area (Å²) in [5.74, 6) is 0.856. The van der Waals surface area contributed by atoms with Crippen LogP contribution in [0.5, 0.6) is 11.5 Å². The van der Waals surface area contributed by atoms with Crippen LogP contribution in [0.4, 0.5) is 13.6 Å². The van der Waals surface area contributed by atoms with Gasteiger partial charge in [-0.05, 0) is 67.0 Å². The molecule has 0 atom stereocenters. The maximum atomic E-state index is 13.6. The standard InChI is InChI=1S/C22H24F2O4/c1-4-14-11-17(21(23)24)20(10-13(14)2)27-12-18-16(15-8-9-15)6-5-7-19(18)28-22(25)26-3/h5-7,10-11,15,21H,4,8-9,12H2,1-3H3. The van der Waals surface area contributed by atoms with Crippen molar-refractivity contribution < 1.29 is 27.8 Å². The minimum absolute atomic E-state index is 0.0314. The van der Waals surface area contributed by atoms with E-state index in [0.29, 0.717) is 23.7 Å². The maximum absolute atomic E-state index is 13.6. The number of ether oxygens (including phenoxy) is 3. The van der Waals surface area contributed by atoms with Crippen LogP contribution < -0.4 is 9.47 Å². The molecule has 0 aliphatic heterocycles. The summed E-state index contributed by atoms with van der Waals surface area (Å²) in [5, 5.41) is 0. The van der Waals surface area contributed by atoms with Crippen LogP contribution in [-0.2, 0) is 17.8 Å². The third-order valence-electron chi connectivity index (χ3n) is 5.00. The largest absolute Gasteiger partial charge is 0.513 e. The van der Waals surface area contributed by atoms with E-state index in [2.05, 4.69) is 4.74 Å². The number of rotatable bonds is 7. The van der Waals surface area contributed by atoms with Crippen LogP contribution in [0.3, 0.4) is 0 Å². The highest BCUT2D eigenvalue weighted by molar-refractivity contribution is 5.65. The van der Waals surface area contributed by atoms with Gasteiger partial charge in [-0.2, -0.15) is 0 Å². The lowest BCUT2D eigenvalue weighted by Gasteiger charge is -2.18. The zero-order chi connectivity index (χ0) is 20.3. The number of methoxy groups -OCH3 is 1. The molecular weight excluding hydrogens is 366 g/mol. The highest BCUT2D eigenvalue weighted by Crippen LogP contribution is 2.44. The molecule has 0 N–H and O–H groups in total. The van der Waals surface area contributed by atoms with Gasteiger partial charge in [0.1, 0.15) is 18.1 Å². The summed E-state index contributed by atoms with van der Waals surface area (Å²) in [7, 11) is 1.23. The first kappa shape index (κ1) is 20.1. The van der Waals surface area contributed by atoms with Gasteiger partial charge >= 0.3 is 6.16 Å². The number of hydrogen-bond acceptors (Lipinski definition) is 4. The Morgan fingerprint density at radius 1 is 1.21 bits per heavy atom. The van der Waals surface area contributed by atoms with E-state index in [4.69, 9.17) is 9.47 Å². The highest BCUT2D eigenvalue weighted by Gasteiger charge is 2.28. The Kier molecular flexibility index (Phi) is 6.17. The van der Waals surface area contributed by atoms with Crippen LogP contribution in [0.15, 0.2) is 30.3 Å². The van der Waals surface area contributed by atoms with Crippen LogP contribution in [-0.4, -0.2) is 13.3 Å². The molecule has 0 heterocycles. The van der Waals surface area contributed by atoms with Crippen molar-refractivity contribution in [3.8, 4) is 11.5 Å². The van der Waals surface area contributed by atoms with Crippen LogP contribution in [0.25, 0.3) is 0 Å². The van der Waals surface area contributed by atoms with Crippen LogP contribution in [0.2, 0.25) is 0 Å². The molecule has 2 aromatic carbocycles. The maximum Gasteiger partial charge on any atom is 0.513 e. The molecule has 4 nitrogen and oxygen atoms in total. The summed E-state index contributed by atoms with van der Waals surface area (Å²) < 4.78 is 42.8. The lowest BCUT2D eigenvalue weighted by atomic mass is 10.0. The van der Waals surface area contributed by atoms with Crippen molar-refractivity contribution in [1.29, 1.82) is 0 Å². The van der Waals surface area contributed by atoms with Crippen molar-refractivity contribution in [2.24, 2.45) is 0 Å². The summed E-state index contributed by atoms with van der Waals surface area (Å²) in [6, 6.07) is 8.58. The lowest BCUT2D eigenvalue weighted by Crippen LogP contribution is -2.11. The quantitative estimate of drug-likeness (QED) is 0.423.